The van der Waals surface area contributed by atoms with Crippen molar-refractivity contribution in [3.05, 3.63) is 18.3 Å². The highest BCUT2D eigenvalue weighted by Crippen LogP contribution is 2.37. The molecule has 3 N–H and O–H groups in total. The molecular weight excluding hydrogens is 320 g/mol. The van der Waals surface area contributed by atoms with Gasteiger partial charge in [-0.05, 0) is 24.3 Å². The summed E-state index contributed by atoms with van der Waals surface area (Å²) in [6.07, 6.45) is 2.64. The van der Waals surface area contributed by atoms with Gasteiger partial charge in [-0.15, -0.1) is 0 Å². The van der Waals surface area contributed by atoms with E-state index in [0.717, 1.165) is 23.7 Å². The predicted octanol–water partition coefficient (Wildman–Crippen LogP) is 3.36. The number of anilines is 1. The third-order valence-corrected chi connectivity index (χ3v) is 5.07. The lowest BCUT2D eigenvalue weighted by Crippen LogP contribution is -2.51. The molecular formula is C18H26N4O3. The Balaban J connectivity index is 1.91. The lowest BCUT2D eigenvalue weighted by molar-refractivity contribution is 0.0409. The second-order valence-corrected chi connectivity index (χ2v) is 7.80. The fourth-order valence-corrected chi connectivity index (χ4v) is 3.69. The molecule has 7 nitrogen and oxygen atoms in total. The number of hydrogen-bond donors (Lipinski definition) is 2. The van der Waals surface area contributed by atoms with Crippen molar-refractivity contribution >= 4 is 22.7 Å². The van der Waals surface area contributed by atoms with Gasteiger partial charge in [0.05, 0.1) is 24.4 Å². The highest BCUT2D eigenvalue weighted by Gasteiger charge is 2.39. The van der Waals surface area contributed by atoms with Gasteiger partial charge in [-0.2, -0.15) is 5.10 Å². The average molecular weight is 346 g/mol. The monoisotopic (exact) mass is 346 g/mol. The number of piperidine rings is 1. The molecule has 1 aliphatic rings. The maximum Gasteiger partial charge on any atom is 0.407 e. The molecule has 2 unspecified atom stereocenters. The summed E-state index contributed by atoms with van der Waals surface area (Å²) >= 11 is 0. The molecule has 1 saturated heterocycles. The van der Waals surface area contributed by atoms with Crippen LogP contribution in [0.2, 0.25) is 0 Å². The standard InChI is InChI=1S/C18H26N4O3/c1-18(2,3)16-8-12(5-6-21(16)17(23)24)22-10-11-7-13(19)15(25-4)9-14(11)20-22/h7,9-10,12,16H,5-6,8,19H2,1-4H3,(H,23,24). The fraction of sp³-hybridized carbons (Fsp3) is 0.556. The number of nitrogens with two attached hydrogens (primary N) is 1. The van der Waals surface area contributed by atoms with Gasteiger partial charge < -0.3 is 20.5 Å². The fourth-order valence-electron chi connectivity index (χ4n) is 3.69. The summed E-state index contributed by atoms with van der Waals surface area (Å²) in [7, 11) is 1.59. The molecule has 0 aliphatic carbocycles. The van der Waals surface area contributed by atoms with Gasteiger partial charge in [0.1, 0.15) is 5.75 Å². The van der Waals surface area contributed by atoms with Gasteiger partial charge in [0, 0.05) is 30.2 Å². The van der Waals surface area contributed by atoms with Crippen molar-refractivity contribution in [2.75, 3.05) is 19.4 Å². The maximum absolute atomic E-state index is 11.6. The number of fused-ring (bicyclic) bond motifs is 1. The number of methoxy groups -OCH3 is 1. The number of hydrogen-bond acceptors (Lipinski definition) is 4. The highest BCUT2D eigenvalue weighted by atomic mass is 16.5. The molecule has 3 rings (SSSR count). The molecule has 2 heterocycles. The summed E-state index contributed by atoms with van der Waals surface area (Å²) in [6, 6.07) is 3.83. The Labute approximate surface area is 147 Å². The Bertz CT molecular complexity index is 793. The largest absolute Gasteiger partial charge is 0.495 e. The molecule has 1 aromatic carbocycles. The van der Waals surface area contributed by atoms with E-state index in [9.17, 15) is 9.90 Å². The van der Waals surface area contributed by atoms with E-state index in [1.807, 2.05) is 23.0 Å². The van der Waals surface area contributed by atoms with Crippen LogP contribution in [0.15, 0.2) is 18.3 Å². The zero-order valence-electron chi connectivity index (χ0n) is 15.2. The quantitative estimate of drug-likeness (QED) is 0.813. The van der Waals surface area contributed by atoms with Crippen LogP contribution >= 0.6 is 0 Å². The molecule has 1 aromatic heterocycles. The van der Waals surface area contributed by atoms with Crippen molar-refractivity contribution in [1.29, 1.82) is 0 Å². The molecule has 136 valence electrons. The van der Waals surface area contributed by atoms with Gasteiger partial charge in [-0.25, -0.2) is 4.79 Å². The van der Waals surface area contributed by atoms with E-state index in [4.69, 9.17) is 10.5 Å². The second-order valence-electron chi connectivity index (χ2n) is 7.80. The van der Waals surface area contributed by atoms with Crippen molar-refractivity contribution < 1.29 is 14.6 Å². The first-order chi connectivity index (χ1) is 11.7. The third-order valence-electron chi connectivity index (χ3n) is 5.07. The van der Waals surface area contributed by atoms with Crippen LogP contribution < -0.4 is 10.5 Å². The molecule has 1 amide bonds. The van der Waals surface area contributed by atoms with Crippen LogP contribution in [0.4, 0.5) is 10.5 Å². The number of rotatable bonds is 2. The zero-order valence-corrected chi connectivity index (χ0v) is 15.2. The van der Waals surface area contributed by atoms with Crippen molar-refractivity contribution in [2.24, 2.45) is 5.41 Å². The van der Waals surface area contributed by atoms with Crippen LogP contribution in [0.1, 0.15) is 39.7 Å². The molecule has 1 fully saturated rings. The number of carboxylic acid groups (broad SMARTS) is 1. The van der Waals surface area contributed by atoms with Crippen LogP contribution in [-0.4, -0.2) is 45.6 Å². The normalized spacial score (nSPS) is 21.5. The molecule has 2 aromatic rings. The van der Waals surface area contributed by atoms with Crippen LogP contribution in [0.5, 0.6) is 5.75 Å². The van der Waals surface area contributed by atoms with Crippen molar-refractivity contribution in [2.45, 2.75) is 45.7 Å². The van der Waals surface area contributed by atoms with E-state index in [0.29, 0.717) is 18.0 Å². The average Bonchev–Trinajstić information content (AvgIpc) is 2.95. The highest BCUT2D eigenvalue weighted by molar-refractivity contribution is 5.84. The summed E-state index contributed by atoms with van der Waals surface area (Å²) < 4.78 is 7.22. The molecule has 1 aliphatic heterocycles. The number of aromatic nitrogens is 2. The molecule has 7 heteroatoms. The smallest absolute Gasteiger partial charge is 0.407 e. The summed E-state index contributed by atoms with van der Waals surface area (Å²) in [5.41, 5.74) is 7.27. The minimum Gasteiger partial charge on any atom is -0.495 e. The molecule has 0 bridgehead atoms. The lowest BCUT2D eigenvalue weighted by atomic mass is 9.79. The zero-order chi connectivity index (χ0) is 18.4. The van der Waals surface area contributed by atoms with E-state index in [-0.39, 0.29) is 17.5 Å². The van der Waals surface area contributed by atoms with Crippen LogP contribution in [-0.2, 0) is 0 Å². The van der Waals surface area contributed by atoms with Crippen molar-refractivity contribution in [1.82, 2.24) is 14.7 Å². The van der Waals surface area contributed by atoms with Gasteiger partial charge in [0.15, 0.2) is 0 Å². The van der Waals surface area contributed by atoms with Crippen LogP contribution in [0, 0.1) is 5.41 Å². The summed E-state index contributed by atoms with van der Waals surface area (Å²) in [5, 5.41) is 15.2. The minimum atomic E-state index is -0.846. The Morgan fingerprint density at radius 3 is 2.72 bits per heavy atom. The van der Waals surface area contributed by atoms with Crippen molar-refractivity contribution in [3.8, 4) is 5.75 Å². The van der Waals surface area contributed by atoms with E-state index < -0.39 is 6.09 Å². The summed E-state index contributed by atoms with van der Waals surface area (Å²) in [6.45, 7) is 6.77. The summed E-state index contributed by atoms with van der Waals surface area (Å²) in [5.74, 6) is 0.617. The van der Waals surface area contributed by atoms with E-state index in [1.165, 1.54) is 0 Å². The second kappa shape index (κ2) is 6.13. The van der Waals surface area contributed by atoms with Gasteiger partial charge in [-0.1, -0.05) is 20.8 Å². The number of carbonyl (C=O) groups is 1. The topological polar surface area (TPSA) is 93.6 Å². The van der Waals surface area contributed by atoms with E-state index in [1.54, 1.807) is 12.0 Å². The minimum absolute atomic E-state index is 0.0457. The summed E-state index contributed by atoms with van der Waals surface area (Å²) in [4.78, 5) is 13.1. The first-order valence-corrected chi connectivity index (χ1v) is 8.52. The Morgan fingerprint density at radius 2 is 2.12 bits per heavy atom. The van der Waals surface area contributed by atoms with Gasteiger partial charge in [0.2, 0.25) is 0 Å². The molecule has 0 radical (unpaired) electrons. The van der Waals surface area contributed by atoms with E-state index >= 15 is 0 Å². The molecule has 0 saturated carbocycles. The van der Waals surface area contributed by atoms with Gasteiger partial charge in [-0.3, -0.25) is 4.68 Å². The van der Waals surface area contributed by atoms with Gasteiger partial charge in [0.25, 0.3) is 0 Å². The molecule has 25 heavy (non-hydrogen) atoms. The Morgan fingerprint density at radius 1 is 1.40 bits per heavy atom. The maximum atomic E-state index is 11.6. The number of ether oxygens (including phenoxy) is 1. The lowest BCUT2D eigenvalue weighted by Gasteiger charge is -2.44. The number of benzene rings is 1. The SMILES string of the molecule is COc1cc2nn(C3CCN(C(=O)O)C(C(C)(C)C)C3)cc2cc1N. The number of likely N-dealkylation sites (tertiary alicyclic amines) is 1. The van der Waals surface area contributed by atoms with Crippen LogP contribution in [0.3, 0.4) is 0 Å². The van der Waals surface area contributed by atoms with Gasteiger partial charge >= 0.3 is 6.09 Å². The number of nitrogen functional groups attached to an aromatic ring is 1. The third kappa shape index (κ3) is 3.23. The first-order valence-electron chi connectivity index (χ1n) is 8.52. The van der Waals surface area contributed by atoms with Crippen molar-refractivity contribution in [3.63, 3.8) is 0 Å². The number of amides is 1. The van der Waals surface area contributed by atoms with E-state index in [2.05, 4.69) is 25.9 Å². The first kappa shape index (κ1) is 17.4. The number of nitrogens with zero attached hydrogens (tertiary/aromatic N) is 3. The Hall–Kier alpha value is -2.44. The Kier molecular flexibility index (Phi) is 4.26. The molecule has 2 atom stereocenters. The van der Waals surface area contributed by atoms with Crippen LogP contribution in [0.25, 0.3) is 10.9 Å². The predicted molar refractivity (Wildman–Crippen MR) is 96.9 cm³/mol. The molecule has 0 spiro atoms.